The van der Waals surface area contributed by atoms with E-state index in [0.717, 1.165) is 17.7 Å². The lowest BCUT2D eigenvalue weighted by molar-refractivity contribution is -0.116. The lowest BCUT2D eigenvalue weighted by atomic mass is 10.1. The second kappa shape index (κ2) is 13.2. The van der Waals surface area contributed by atoms with Crippen LogP contribution in [0.2, 0.25) is 0 Å². The van der Waals surface area contributed by atoms with Gasteiger partial charge in [0.25, 0.3) is 5.91 Å². The van der Waals surface area contributed by atoms with E-state index in [-0.39, 0.29) is 16.9 Å². The Morgan fingerprint density at radius 2 is 1.57 bits per heavy atom. The average Bonchev–Trinajstić information content (AvgIpc) is 2.84. The van der Waals surface area contributed by atoms with Gasteiger partial charge in [-0.15, -0.1) is 0 Å². The highest BCUT2D eigenvalue weighted by molar-refractivity contribution is 7.80. The molecule has 7 heteroatoms. The Kier molecular flexibility index (Phi) is 9.80. The van der Waals surface area contributed by atoms with Crippen LogP contribution in [0, 0.1) is 5.92 Å². The van der Waals surface area contributed by atoms with E-state index < -0.39 is 0 Å². The fourth-order valence-electron chi connectivity index (χ4n) is 3.25. The highest BCUT2D eigenvalue weighted by Crippen LogP contribution is 2.17. The number of anilines is 2. The predicted molar refractivity (Wildman–Crippen MR) is 145 cm³/mol. The summed E-state index contributed by atoms with van der Waals surface area (Å²) >= 11 is 5.29. The van der Waals surface area contributed by atoms with Gasteiger partial charge in [-0.05, 0) is 79.0 Å². The van der Waals surface area contributed by atoms with E-state index in [0.29, 0.717) is 42.3 Å². The minimum Gasteiger partial charge on any atom is -0.494 e. The first kappa shape index (κ1) is 25.9. The van der Waals surface area contributed by atoms with Crippen molar-refractivity contribution in [1.82, 2.24) is 5.32 Å². The maximum Gasteiger partial charge on any atom is 0.257 e. The van der Waals surface area contributed by atoms with Crippen LogP contribution in [0.5, 0.6) is 5.75 Å². The van der Waals surface area contributed by atoms with Crippen molar-refractivity contribution in [2.75, 3.05) is 17.2 Å². The summed E-state index contributed by atoms with van der Waals surface area (Å²) in [5.41, 5.74) is 2.90. The molecule has 0 unspecified atom stereocenters. The average molecular weight is 490 g/mol. The van der Waals surface area contributed by atoms with Gasteiger partial charge in [-0.3, -0.25) is 14.9 Å². The minimum atomic E-state index is -0.318. The third-order valence-corrected chi connectivity index (χ3v) is 5.40. The summed E-state index contributed by atoms with van der Waals surface area (Å²) < 4.78 is 5.69. The van der Waals surface area contributed by atoms with E-state index in [2.05, 4.69) is 29.8 Å². The first-order chi connectivity index (χ1) is 16.9. The molecule has 3 aromatic rings. The highest BCUT2D eigenvalue weighted by atomic mass is 32.1. The molecule has 3 N–H and O–H groups in total. The van der Waals surface area contributed by atoms with Crippen molar-refractivity contribution >= 4 is 40.5 Å². The Bertz CT molecular complexity index is 1130. The van der Waals surface area contributed by atoms with Crippen LogP contribution in [-0.4, -0.2) is 23.5 Å². The number of benzene rings is 3. The second-order valence-corrected chi connectivity index (χ2v) is 8.99. The zero-order valence-electron chi connectivity index (χ0n) is 20.0. The lowest BCUT2D eigenvalue weighted by Crippen LogP contribution is -2.34. The maximum absolute atomic E-state index is 12.5. The van der Waals surface area contributed by atoms with Crippen LogP contribution < -0.4 is 20.7 Å². The molecule has 0 aliphatic heterocycles. The van der Waals surface area contributed by atoms with Crippen molar-refractivity contribution in [3.8, 4) is 5.75 Å². The van der Waals surface area contributed by atoms with Crippen LogP contribution in [0.25, 0.3) is 0 Å². The Hall–Kier alpha value is -3.71. The van der Waals surface area contributed by atoms with Crippen LogP contribution >= 0.6 is 12.2 Å². The van der Waals surface area contributed by atoms with Crippen molar-refractivity contribution < 1.29 is 14.3 Å². The number of thiocarbonyl (C=S) groups is 1. The molecule has 0 aliphatic rings. The third kappa shape index (κ3) is 9.22. The summed E-state index contributed by atoms with van der Waals surface area (Å²) in [5.74, 6) is 0.913. The normalized spacial score (nSPS) is 10.5. The smallest absolute Gasteiger partial charge is 0.257 e. The second-order valence-electron chi connectivity index (χ2n) is 8.58. The standard InChI is InChI=1S/C28H31N3O3S/c1-20(2)17-18-34-25-14-12-22(13-15-25)27(33)31-28(35)30-24-10-6-9-23(19-24)29-26(32)16-11-21-7-4-3-5-8-21/h3-10,12-15,19-20H,11,16-18H2,1-2H3,(H,29,32)(H2,30,31,33,35). The fourth-order valence-corrected chi connectivity index (χ4v) is 3.46. The van der Waals surface area contributed by atoms with E-state index in [1.54, 1.807) is 48.5 Å². The van der Waals surface area contributed by atoms with Crippen LogP contribution in [0.1, 0.15) is 42.6 Å². The molecule has 35 heavy (non-hydrogen) atoms. The van der Waals surface area contributed by atoms with E-state index in [4.69, 9.17) is 17.0 Å². The van der Waals surface area contributed by atoms with Gasteiger partial charge in [0.1, 0.15) is 5.75 Å². The van der Waals surface area contributed by atoms with Gasteiger partial charge < -0.3 is 15.4 Å². The Morgan fingerprint density at radius 1 is 0.886 bits per heavy atom. The van der Waals surface area contributed by atoms with Crippen molar-refractivity contribution in [3.05, 3.63) is 90.0 Å². The SMILES string of the molecule is CC(C)CCOc1ccc(C(=O)NC(=S)Nc2cccc(NC(=O)CCc3ccccc3)c2)cc1. The number of amides is 2. The van der Waals surface area contributed by atoms with Gasteiger partial charge in [0.05, 0.1) is 6.61 Å². The molecule has 0 spiro atoms. The first-order valence-electron chi connectivity index (χ1n) is 11.7. The molecule has 0 heterocycles. The Labute approximate surface area is 212 Å². The minimum absolute atomic E-state index is 0.0708. The van der Waals surface area contributed by atoms with Crippen LogP contribution in [-0.2, 0) is 11.2 Å². The molecule has 2 amide bonds. The van der Waals surface area contributed by atoms with Crippen molar-refractivity contribution in [2.24, 2.45) is 5.92 Å². The molecule has 0 atom stereocenters. The summed E-state index contributed by atoms with van der Waals surface area (Å²) in [4.78, 5) is 24.8. The first-order valence-corrected chi connectivity index (χ1v) is 12.1. The predicted octanol–water partition coefficient (Wildman–Crippen LogP) is 5.81. The maximum atomic E-state index is 12.5. The Morgan fingerprint density at radius 3 is 2.26 bits per heavy atom. The fraction of sp³-hybridized carbons (Fsp3) is 0.250. The zero-order chi connectivity index (χ0) is 25.0. The number of hydrogen-bond acceptors (Lipinski definition) is 4. The van der Waals surface area contributed by atoms with Gasteiger partial charge in [-0.2, -0.15) is 0 Å². The van der Waals surface area contributed by atoms with Gasteiger partial charge in [0.2, 0.25) is 5.91 Å². The molecular weight excluding hydrogens is 458 g/mol. The van der Waals surface area contributed by atoms with Gasteiger partial charge >= 0.3 is 0 Å². The molecule has 3 rings (SSSR count). The summed E-state index contributed by atoms with van der Waals surface area (Å²) in [6, 6.07) is 24.0. The van der Waals surface area contributed by atoms with Crippen LogP contribution in [0.15, 0.2) is 78.9 Å². The Balaban J connectivity index is 1.46. The summed E-state index contributed by atoms with van der Waals surface area (Å²) in [6.45, 7) is 4.93. The number of carbonyl (C=O) groups is 2. The number of rotatable bonds is 10. The molecule has 3 aromatic carbocycles. The van der Waals surface area contributed by atoms with E-state index >= 15 is 0 Å². The van der Waals surface area contributed by atoms with Crippen molar-refractivity contribution in [1.29, 1.82) is 0 Å². The third-order valence-electron chi connectivity index (χ3n) is 5.20. The van der Waals surface area contributed by atoms with E-state index in [1.807, 2.05) is 30.3 Å². The van der Waals surface area contributed by atoms with Gasteiger partial charge in [-0.25, -0.2) is 0 Å². The summed E-state index contributed by atoms with van der Waals surface area (Å²) in [5, 5.41) is 8.72. The van der Waals surface area contributed by atoms with Crippen molar-refractivity contribution in [2.45, 2.75) is 33.1 Å². The molecule has 6 nitrogen and oxygen atoms in total. The topological polar surface area (TPSA) is 79.5 Å². The van der Waals surface area contributed by atoms with Crippen LogP contribution in [0.4, 0.5) is 11.4 Å². The molecule has 0 aliphatic carbocycles. The number of aryl methyl sites for hydroxylation is 1. The zero-order valence-corrected chi connectivity index (χ0v) is 20.9. The van der Waals surface area contributed by atoms with E-state index in [1.165, 1.54) is 0 Å². The van der Waals surface area contributed by atoms with Crippen LogP contribution in [0.3, 0.4) is 0 Å². The molecular formula is C28H31N3O3S. The van der Waals surface area contributed by atoms with Gasteiger partial charge in [0.15, 0.2) is 5.11 Å². The largest absolute Gasteiger partial charge is 0.494 e. The number of nitrogens with one attached hydrogen (secondary N) is 3. The monoisotopic (exact) mass is 489 g/mol. The molecule has 0 radical (unpaired) electrons. The highest BCUT2D eigenvalue weighted by Gasteiger charge is 2.09. The van der Waals surface area contributed by atoms with E-state index in [9.17, 15) is 9.59 Å². The van der Waals surface area contributed by atoms with Crippen molar-refractivity contribution in [3.63, 3.8) is 0 Å². The molecule has 0 fully saturated rings. The quantitative estimate of drug-likeness (QED) is 0.313. The summed E-state index contributed by atoms with van der Waals surface area (Å²) in [7, 11) is 0. The molecule has 0 saturated heterocycles. The lowest BCUT2D eigenvalue weighted by Gasteiger charge is -2.12. The van der Waals surface area contributed by atoms with Gasteiger partial charge in [0, 0.05) is 23.4 Å². The molecule has 182 valence electrons. The molecule has 0 saturated carbocycles. The molecule has 0 aromatic heterocycles. The number of carbonyl (C=O) groups excluding carboxylic acids is 2. The number of hydrogen-bond donors (Lipinski definition) is 3. The number of ether oxygens (including phenoxy) is 1. The molecule has 0 bridgehead atoms. The van der Waals surface area contributed by atoms with Gasteiger partial charge in [-0.1, -0.05) is 50.2 Å². The summed E-state index contributed by atoms with van der Waals surface area (Å²) in [6.07, 6.45) is 2.03.